The Morgan fingerprint density at radius 3 is 2.30 bits per heavy atom. The molecule has 1 unspecified atom stereocenters. The van der Waals surface area contributed by atoms with Gasteiger partial charge in [0.15, 0.2) is 0 Å². The zero-order valence-electron chi connectivity index (χ0n) is 11.3. The molecule has 3 aliphatic heterocycles. The Morgan fingerprint density at radius 2 is 1.80 bits per heavy atom. The quantitative estimate of drug-likeness (QED) is 0.820. The average molecular weight is 289 g/mol. The molecule has 1 atom stereocenters. The number of hydrogen-bond acceptors (Lipinski definition) is 3. The van der Waals surface area contributed by atoms with Gasteiger partial charge in [-0.15, -0.1) is 0 Å². The maximum atomic E-state index is 12.3. The summed E-state index contributed by atoms with van der Waals surface area (Å²) in [5.41, 5.74) is 7.01. The van der Waals surface area contributed by atoms with Crippen LogP contribution in [0, 0.1) is 5.92 Å². The van der Waals surface area contributed by atoms with Gasteiger partial charge in [-0.3, -0.25) is 4.79 Å². The number of fused-ring (bicyclic) bond motifs is 3. The predicted octanol–water partition coefficient (Wildman–Crippen LogP) is 1.14. The highest BCUT2D eigenvalue weighted by atomic mass is 32.1. The Bertz CT molecular complexity index is 520. The van der Waals surface area contributed by atoms with Crippen LogP contribution < -0.4 is 11.1 Å². The topological polar surface area (TPSA) is 58.4 Å². The van der Waals surface area contributed by atoms with Crippen LogP contribution >= 0.6 is 12.2 Å². The van der Waals surface area contributed by atoms with E-state index in [9.17, 15) is 4.79 Å². The first-order valence-electron chi connectivity index (χ1n) is 7.06. The highest BCUT2D eigenvalue weighted by Gasteiger charge is 2.34. The molecule has 4 nitrogen and oxygen atoms in total. The SMILES string of the molecule is NC(=S)c1ccc(C(=O)NC2CN3CCC2CC3)cc1. The van der Waals surface area contributed by atoms with Crippen molar-refractivity contribution in [1.29, 1.82) is 0 Å². The number of benzene rings is 1. The molecule has 3 saturated heterocycles. The van der Waals surface area contributed by atoms with Gasteiger partial charge in [-0.2, -0.15) is 0 Å². The highest BCUT2D eigenvalue weighted by Crippen LogP contribution is 2.27. The molecule has 1 aromatic carbocycles. The summed E-state index contributed by atoms with van der Waals surface area (Å²) in [4.78, 5) is 15.1. The number of thiocarbonyl (C=S) groups is 1. The normalized spacial score (nSPS) is 28.1. The van der Waals surface area contributed by atoms with Crippen molar-refractivity contribution in [2.24, 2.45) is 11.7 Å². The van der Waals surface area contributed by atoms with Gasteiger partial charge >= 0.3 is 0 Å². The third-order valence-corrected chi connectivity index (χ3v) is 4.64. The van der Waals surface area contributed by atoms with Crippen LogP contribution in [0.25, 0.3) is 0 Å². The summed E-state index contributed by atoms with van der Waals surface area (Å²) in [6.07, 6.45) is 2.40. The molecule has 3 aliphatic rings. The van der Waals surface area contributed by atoms with E-state index in [1.54, 1.807) is 24.3 Å². The van der Waals surface area contributed by atoms with Gasteiger partial charge in [0.25, 0.3) is 5.91 Å². The molecule has 5 heteroatoms. The maximum absolute atomic E-state index is 12.3. The van der Waals surface area contributed by atoms with Gasteiger partial charge < -0.3 is 16.0 Å². The predicted molar refractivity (Wildman–Crippen MR) is 82.7 cm³/mol. The number of rotatable bonds is 3. The molecule has 3 fully saturated rings. The Hall–Kier alpha value is -1.46. The summed E-state index contributed by atoms with van der Waals surface area (Å²) in [5, 5.41) is 3.17. The van der Waals surface area contributed by atoms with Crippen LogP contribution in [0.1, 0.15) is 28.8 Å². The van der Waals surface area contributed by atoms with E-state index in [0.29, 0.717) is 22.5 Å². The standard InChI is InChI=1S/C15H19N3OS/c16-14(20)11-1-3-12(4-2-11)15(19)17-13-9-18-7-5-10(13)6-8-18/h1-4,10,13H,5-9H2,(H2,16,20)(H,17,19). The third-order valence-electron chi connectivity index (χ3n) is 4.40. The van der Waals surface area contributed by atoms with Crippen molar-refractivity contribution >= 4 is 23.1 Å². The lowest BCUT2D eigenvalue weighted by Gasteiger charge is -2.44. The van der Waals surface area contributed by atoms with Gasteiger partial charge in [-0.1, -0.05) is 24.4 Å². The number of nitrogens with one attached hydrogen (secondary N) is 1. The molecule has 0 saturated carbocycles. The summed E-state index contributed by atoms with van der Waals surface area (Å²) in [6.45, 7) is 3.35. The molecule has 1 amide bonds. The number of hydrogen-bond donors (Lipinski definition) is 2. The van der Waals surface area contributed by atoms with Gasteiger partial charge in [-0.05, 0) is 44.0 Å². The van der Waals surface area contributed by atoms with E-state index in [4.69, 9.17) is 18.0 Å². The Labute approximate surface area is 124 Å². The van der Waals surface area contributed by atoms with E-state index in [0.717, 1.165) is 12.1 Å². The number of amides is 1. The minimum atomic E-state index is -0.00163. The molecule has 3 N–H and O–H groups in total. The van der Waals surface area contributed by atoms with Crippen LogP contribution in [0.15, 0.2) is 24.3 Å². The molecular formula is C15H19N3OS. The number of carbonyl (C=O) groups is 1. The lowest BCUT2D eigenvalue weighted by atomic mass is 9.84. The van der Waals surface area contributed by atoms with Crippen LogP contribution in [0.5, 0.6) is 0 Å². The number of nitrogens with zero attached hydrogens (tertiary/aromatic N) is 1. The van der Waals surface area contributed by atoms with Crippen molar-refractivity contribution in [3.8, 4) is 0 Å². The van der Waals surface area contributed by atoms with Crippen LogP contribution in [0.2, 0.25) is 0 Å². The van der Waals surface area contributed by atoms with Gasteiger partial charge in [0.2, 0.25) is 0 Å². The first-order chi connectivity index (χ1) is 9.63. The van der Waals surface area contributed by atoms with E-state index in [-0.39, 0.29) is 5.91 Å². The van der Waals surface area contributed by atoms with Gasteiger partial charge in [0, 0.05) is 23.7 Å². The Kier molecular flexibility index (Phi) is 3.72. The van der Waals surface area contributed by atoms with Crippen molar-refractivity contribution in [2.45, 2.75) is 18.9 Å². The van der Waals surface area contributed by atoms with Crippen molar-refractivity contribution in [1.82, 2.24) is 10.2 Å². The van der Waals surface area contributed by atoms with Gasteiger partial charge in [0.1, 0.15) is 4.99 Å². The van der Waals surface area contributed by atoms with Crippen LogP contribution in [-0.4, -0.2) is 41.5 Å². The lowest BCUT2D eigenvalue weighted by Crippen LogP contribution is -2.57. The van der Waals surface area contributed by atoms with Crippen LogP contribution in [0.4, 0.5) is 0 Å². The fraction of sp³-hybridized carbons (Fsp3) is 0.467. The van der Waals surface area contributed by atoms with Crippen molar-refractivity contribution in [3.63, 3.8) is 0 Å². The van der Waals surface area contributed by atoms with Gasteiger partial charge in [0.05, 0.1) is 0 Å². The fourth-order valence-corrected chi connectivity index (χ4v) is 3.30. The summed E-state index contributed by atoms with van der Waals surface area (Å²) in [7, 11) is 0. The van der Waals surface area contributed by atoms with Crippen LogP contribution in [0.3, 0.4) is 0 Å². The van der Waals surface area contributed by atoms with E-state index in [2.05, 4.69) is 10.2 Å². The summed E-state index contributed by atoms with van der Waals surface area (Å²) in [6, 6.07) is 7.46. The second-order valence-electron chi connectivity index (χ2n) is 5.66. The summed E-state index contributed by atoms with van der Waals surface area (Å²) in [5.74, 6) is 0.637. The van der Waals surface area contributed by atoms with E-state index < -0.39 is 0 Å². The molecular weight excluding hydrogens is 270 g/mol. The zero-order valence-corrected chi connectivity index (χ0v) is 12.2. The first kappa shape index (κ1) is 13.5. The lowest BCUT2D eigenvalue weighted by molar-refractivity contribution is 0.0620. The van der Waals surface area contributed by atoms with Crippen molar-refractivity contribution in [2.75, 3.05) is 19.6 Å². The highest BCUT2D eigenvalue weighted by molar-refractivity contribution is 7.80. The molecule has 20 heavy (non-hydrogen) atoms. The molecule has 3 heterocycles. The molecule has 0 radical (unpaired) electrons. The first-order valence-corrected chi connectivity index (χ1v) is 7.47. The summed E-state index contributed by atoms with van der Waals surface area (Å²) >= 11 is 4.91. The van der Waals surface area contributed by atoms with Gasteiger partial charge in [-0.25, -0.2) is 0 Å². The molecule has 106 valence electrons. The van der Waals surface area contributed by atoms with E-state index in [1.807, 2.05) is 0 Å². The molecule has 0 aliphatic carbocycles. The Balaban J connectivity index is 1.65. The average Bonchev–Trinajstić information content (AvgIpc) is 2.48. The maximum Gasteiger partial charge on any atom is 0.251 e. The number of piperidine rings is 3. The second kappa shape index (κ2) is 5.50. The fourth-order valence-electron chi connectivity index (χ4n) is 3.17. The smallest absolute Gasteiger partial charge is 0.251 e. The zero-order chi connectivity index (χ0) is 14.1. The van der Waals surface area contributed by atoms with Crippen LogP contribution in [-0.2, 0) is 0 Å². The number of nitrogens with two attached hydrogens (primary N) is 1. The number of carbonyl (C=O) groups excluding carboxylic acids is 1. The largest absolute Gasteiger partial charge is 0.389 e. The molecule has 0 spiro atoms. The summed E-state index contributed by atoms with van der Waals surface area (Å²) < 4.78 is 0. The second-order valence-corrected chi connectivity index (χ2v) is 6.10. The Morgan fingerprint density at radius 1 is 1.20 bits per heavy atom. The molecule has 1 aromatic rings. The minimum Gasteiger partial charge on any atom is -0.389 e. The molecule has 2 bridgehead atoms. The van der Waals surface area contributed by atoms with E-state index in [1.165, 1.54) is 25.9 Å². The van der Waals surface area contributed by atoms with E-state index >= 15 is 0 Å². The monoisotopic (exact) mass is 289 g/mol. The minimum absolute atomic E-state index is 0.00163. The molecule has 0 aromatic heterocycles. The third kappa shape index (κ3) is 2.69. The van der Waals surface area contributed by atoms with Crippen molar-refractivity contribution in [3.05, 3.63) is 35.4 Å². The van der Waals surface area contributed by atoms with Crippen molar-refractivity contribution < 1.29 is 4.79 Å². The molecule has 4 rings (SSSR count).